The second-order valence-electron chi connectivity index (χ2n) is 5.99. The minimum absolute atomic E-state index is 0.277. The molecule has 3 atom stereocenters. The highest BCUT2D eigenvalue weighted by Crippen LogP contribution is 2.22. The highest BCUT2D eigenvalue weighted by atomic mass is 32.2. The molecule has 0 spiro atoms. The van der Waals surface area contributed by atoms with Crippen molar-refractivity contribution < 1.29 is 8.42 Å². The number of rotatable bonds is 3. The van der Waals surface area contributed by atoms with E-state index < -0.39 is 10.0 Å². The molecule has 2 aliphatic rings. The summed E-state index contributed by atoms with van der Waals surface area (Å²) in [7, 11) is -3.02. The van der Waals surface area contributed by atoms with Crippen LogP contribution in [0.4, 0.5) is 0 Å². The summed E-state index contributed by atoms with van der Waals surface area (Å²) in [6, 6.07) is 0.277. The summed E-state index contributed by atoms with van der Waals surface area (Å²) in [5, 5.41) is 0. The lowest BCUT2D eigenvalue weighted by Crippen LogP contribution is -2.43. The van der Waals surface area contributed by atoms with Crippen molar-refractivity contribution in [3.05, 3.63) is 0 Å². The van der Waals surface area contributed by atoms with Crippen molar-refractivity contribution in [1.82, 2.24) is 9.21 Å². The van der Waals surface area contributed by atoms with E-state index in [2.05, 4.69) is 11.8 Å². The molecule has 0 aromatic rings. The van der Waals surface area contributed by atoms with Crippen LogP contribution in [0, 0.1) is 11.8 Å². The molecular weight excluding hydrogens is 250 g/mol. The van der Waals surface area contributed by atoms with Gasteiger partial charge in [-0.05, 0) is 24.7 Å². The summed E-state index contributed by atoms with van der Waals surface area (Å²) < 4.78 is 24.8. The van der Waals surface area contributed by atoms with Crippen LogP contribution < -0.4 is 5.73 Å². The third-order valence-corrected chi connectivity index (χ3v) is 5.48. The van der Waals surface area contributed by atoms with Crippen molar-refractivity contribution in [1.29, 1.82) is 0 Å². The fraction of sp³-hybridized carbons (Fsp3) is 1.00. The van der Waals surface area contributed by atoms with Crippen molar-refractivity contribution in [2.45, 2.75) is 25.8 Å². The van der Waals surface area contributed by atoms with Gasteiger partial charge in [-0.2, -0.15) is 0 Å². The van der Waals surface area contributed by atoms with Crippen LogP contribution in [0.5, 0.6) is 0 Å². The van der Waals surface area contributed by atoms with Crippen LogP contribution in [0.1, 0.15) is 19.8 Å². The Bertz CT molecular complexity index is 375. The predicted molar refractivity (Wildman–Crippen MR) is 72.7 cm³/mol. The largest absolute Gasteiger partial charge is 0.326 e. The van der Waals surface area contributed by atoms with Gasteiger partial charge in [0.2, 0.25) is 10.0 Å². The van der Waals surface area contributed by atoms with Crippen LogP contribution in [0.2, 0.25) is 0 Å². The monoisotopic (exact) mass is 275 g/mol. The van der Waals surface area contributed by atoms with E-state index in [0.717, 1.165) is 32.5 Å². The SMILES string of the molecule is CC1CN(CC2CCCN(S(C)(=O)=O)C2)CC1N. The highest BCUT2D eigenvalue weighted by molar-refractivity contribution is 7.88. The molecule has 2 saturated heterocycles. The zero-order chi connectivity index (χ0) is 13.3. The molecule has 0 aromatic heterocycles. The van der Waals surface area contributed by atoms with Crippen molar-refractivity contribution in [2.75, 3.05) is 39.0 Å². The molecule has 106 valence electrons. The first-order valence-corrected chi connectivity index (χ1v) is 8.64. The number of nitrogens with two attached hydrogens (primary N) is 1. The normalized spacial score (nSPS) is 36.1. The lowest BCUT2D eigenvalue weighted by atomic mass is 9.99. The van der Waals surface area contributed by atoms with Crippen LogP contribution in [0.25, 0.3) is 0 Å². The van der Waals surface area contributed by atoms with Gasteiger partial charge in [-0.3, -0.25) is 0 Å². The number of hydrogen-bond acceptors (Lipinski definition) is 4. The Hall–Kier alpha value is -0.170. The van der Waals surface area contributed by atoms with Crippen LogP contribution >= 0.6 is 0 Å². The average Bonchev–Trinajstić information content (AvgIpc) is 2.57. The van der Waals surface area contributed by atoms with E-state index in [1.165, 1.54) is 6.26 Å². The molecule has 2 N–H and O–H groups in total. The van der Waals surface area contributed by atoms with Gasteiger partial charge in [-0.15, -0.1) is 0 Å². The van der Waals surface area contributed by atoms with Gasteiger partial charge in [-0.25, -0.2) is 12.7 Å². The lowest BCUT2D eigenvalue weighted by molar-refractivity contribution is 0.197. The number of likely N-dealkylation sites (tertiary alicyclic amines) is 1. The van der Waals surface area contributed by atoms with Gasteiger partial charge in [0.15, 0.2) is 0 Å². The first kappa shape index (κ1) is 14.2. The summed E-state index contributed by atoms with van der Waals surface area (Å²) in [5.41, 5.74) is 6.02. The Labute approximate surface area is 110 Å². The number of hydrogen-bond donors (Lipinski definition) is 1. The van der Waals surface area contributed by atoms with Gasteiger partial charge in [0, 0.05) is 38.8 Å². The molecule has 6 heteroatoms. The quantitative estimate of drug-likeness (QED) is 0.783. The van der Waals surface area contributed by atoms with Gasteiger partial charge in [0.25, 0.3) is 0 Å². The third-order valence-electron chi connectivity index (χ3n) is 4.21. The lowest BCUT2D eigenvalue weighted by Gasteiger charge is -2.33. The van der Waals surface area contributed by atoms with Crippen molar-refractivity contribution in [3.63, 3.8) is 0 Å². The topological polar surface area (TPSA) is 66.6 Å². The Morgan fingerprint density at radius 1 is 1.28 bits per heavy atom. The predicted octanol–water partition coefficient (Wildman–Crippen LogP) is -0.0630. The molecule has 2 fully saturated rings. The van der Waals surface area contributed by atoms with E-state index in [4.69, 9.17) is 5.73 Å². The molecule has 0 aliphatic carbocycles. The van der Waals surface area contributed by atoms with E-state index in [1.807, 2.05) is 0 Å². The first-order chi connectivity index (χ1) is 8.36. The highest BCUT2D eigenvalue weighted by Gasteiger charge is 2.31. The Morgan fingerprint density at radius 2 is 2.00 bits per heavy atom. The summed E-state index contributed by atoms with van der Waals surface area (Å²) in [4.78, 5) is 2.39. The summed E-state index contributed by atoms with van der Waals surface area (Å²) >= 11 is 0. The molecule has 18 heavy (non-hydrogen) atoms. The fourth-order valence-electron chi connectivity index (χ4n) is 3.09. The molecule has 0 aromatic carbocycles. The van der Waals surface area contributed by atoms with Crippen LogP contribution in [0.3, 0.4) is 0 Å². The minimum atomic E-state index is -3.02. The van der Waals surface area contributed by atoms with Crippen LogP contribution in [-0.4, -0.2) is 62.6 Å². The molecule has 2 heterocycles. The second-order valence-corrected chi connectivity index (χ2v) is 7.97. The maximum absolute atomic E-state index is 11.6. The molecular formula is C12H25N3O2S. The zero-order valence-corrected chi connectivity index (χ0v) is 12.2. The third kappa shape index (κ3) is 3.44. The molecule has 5 nitrogen and oxygen atoms in total. The first-order valence-electron chi connectivity index (χ1n) is 6.79. The number of piperidine rings is 1. The van der Waals surface area contributed by atoms with E-state index in [0.29, 0.717) is 24.9 Å². The van der Waals surface area contributed by atoms with E-state index >= 15 is 0 Å². The van der Waals surface area contributed by atoms with E-state index in [-0.39, 0.29) is 6.04 Å². The number of nitrogens with zero attached hydrogens (tertiary/aromatic N) is 2. The Morgan fingerprint density at radius 3 is 2.56 bits per heavy atom. The smallest absolute Gasteiger partial charge is 0.211 e. The molecule has 2 rings (SSSR count). The van der Waals surface area contributed by atoms with Crippen LogP contribution in [0.15, 0.2) is 0 Å². The summed E-state index contributed by atoms with van der Waals surface area (Å²) in [6.45, 7) is 6.55. The molecule has 0 saturated carbocycles. The maximum Gasteiger partial charge on any atom is 0.211 e. The second kappa shape index (κ2) is 5.45. The standard InChI is InChI=1S/C12H25N3O2S/c1-10-6-14(9-12(10)13)7-11-4-3-5-15(8-11)18(2,16)17/h10-12H,3-9,13H2,1-2H3. The zero-order valence-electron chi connectivity index (χ0n) is 11.4. The number of sulfonamides is 1. The minimum Gasteiger partial charge on any atom is -0.326 e. The van der Waals surface area contributed by atoms with Gasteiger partial charge >= 0.3 is 0 Å². The maximum atomic E-state index is 11.6. The van der Waals surface area contributed by atoms with E-state index in [9.17, 15) is 8.42 Å². The molecule has 3 unspecified atom stereocenters. The molecule has 0 radical (unpaired) electrons. The summed E-state index contributed by atoms with van der Waals surface area (Å²) in [6.07, 6.45) is 3.42. The summed E-state index contributed by atoms with van der Waals surface area (Å²) in [5.74, 6) is 1.02. The van der Waals surface area contributed by atoms with Crippen molar-refractivity contribution in [2.24, 2.45) is 17.6 Å². The van der Waals surface area contributed by atoms with E-state index in [1.54, 1.807) is 4.31 Å². The van der Waals surface area contributed by atoms with Gasteiger partial charge in [0.1, 0.15) is 0 Å². The fourth-order valence-corrected chi connectivity index (χ4v) is 4.03. The molecule has 0 bridgehead atoms. The Kier molecular flexibility index (Phi) is 4.31. The molecule has 0 amide bonds. The van der Waals surface area contributed by atoms with Gasteiger partial charge in [-0.1, -0.05) is 6.92 Å². The van der Waals surface area contributed by atoms with Crippen LogP contribution in [-0.2, 0) is 10.0 Å². The van der Waals surface area contributed by atoms with Crippen molar-refractivity contribution >= 4 is 10.0 Å². The molecule has 2 aliphatic heterocycles. The van der Waals surface area contributed by atoms with Gasteiger partial charge < -0.3 is 10.6 Å². The van der Waals surface area contributed by atoms with Gasteiger partial charge in [0.05, 0.1) is 6.26 Å². The van der Waals surface area contributed by atoms with Crippen molar-refractivity contribution in [3.8, 4) is 0 Å². The Balaban J connectivity index is 1.87. The average molecular weight is 275 g/mol.